The summed E-state index contributed by atoms with van der Waals surface area (Å²) in [6, 6.07) is 7.95. The first-order chi connectivity index (χ1) is 7.90. The van der Waals surface area contributed by atoms with Crippen molar-refractivity contribution in [2.24, 2.45) is 0 Å². The zero-order valence-electron chi connectivity index (χ0n) is 8.60. The second-order valence-corrected chi connectivity index (χ2v) is 3.62. The van der Waals surface area contributed by atoms with Gasteiger partial charge < -0.3 is 0 Å². The van der Waals surface area contributed by atoms with Crippen molar-refractivity contribution >= 4 is 17.7 Å². The number of allylic oxidation sites excluding steroid dienone is 1. The Morgan fingerprint density at radius 1 is 1.25 bits per heavy atom. The van der Waals surface area contributed by atoms with Gasteiger partial charge >= 0.3 is 0 Å². The minimum Gasteiger partial charge on any atom is -0.177 e. The topological polar surface area (TPSA) is 54.5 Å². The smallest absolute Gasteiger partial charge is 0.177 e. The molecule has 0 spiro atoms. The van der Waals surface area contributed by atoms with Crippen molar-refractivity contribution in [1.82, 2.24) is 20.6 Å². The first kappa shape index (κ1) is 10.8. The van der Waals surface area contributed by atoms with Crippen LogP contribution in [0.15, 0.2) is 30.3 Å². The van der Waals surface area contributed by atoms with Gasteiger partial charge in [0.15, 0.2) is 0 Å². The standard InChI is InChI=1S/C11H11ClN4/c12-8-2-1-3-9-4-6-10(7-5-9)11-13-15-16-14-11/h1,3-7H,2,8H2,(H,13,14,15,16). The van der Waals surface area contributed by atoms with Gasteiger partial charge in [-0.25, -0.2) is 0 Å². The number of rotatable bonds is 4. The Bertz CT molecular complexity index is 447. The van der Waals surface area contributed by atoms with Gasteiger partial charge in [-0.1, -0.05) is 36.4 Å². The van der Waals surface area contributed by atoms with E-state index in [4.69, 9.17) is 11.6 Å². The number of nitrogens with zero attached hydrogens (tertiary/aromatic N) is 3. The molecule has 1 heterocycles. The molecule has 0 aliphatic heterocycles. The highest BCUT2D eigenvalue weighted by Crippen LogP contribution is 2.14. The molecule has 1 aromatic carbocycles. The maximum atomic E-state index is 5.58. The SMILES string of the molecule is ClCCC=Cc1ccc(-c2nn[nH]n2)cc1. The lowest BCUT2D eigenvalue weighted by Gasteiger charge is -1.96. The summed E-state index contributed by atoms with van der Waals surface area (Å²) in [5.74, 6) is 1.26. The van der Waals surface area contributed by atoms with Crippen LogP contribution in [-0.2, 0) is 0 Å². The Labute approximate surface area is 98.3 Å². The van der Waals surface area contributed by atoms with Crippen LogP contribution in [0.5, 0.6) is 0 Å². The van der Waals surface area contributed by atoms with Crippen LogP contribution in [0.25, 0.3) is 17.5 Å². The van der Waals surface area contributed by atoms with Crippen LogP contribution < -0.4 is 0 Å². The molecule has 0 amide bonds. The summed E-state index contributed by atoms with van der Waals surface area (Å²) in [7, 11) is 0. The van der Waals surface area contributed by atoms with Gasteiger partial charge in [0.05, 0.1) is 0 Å². The van der Waals surface area contributed by atoms with Crippen LogP contribution in [-0.4, -0.2) is 26.5 Å². The first-order valence-electron chi connectivity index (χ1n) is 4.96. The molecule has 2 aromatic rings. The van der Waals surface area contributed by atoms with E-state index in [1.807, 2.05) is 30.3 Å². The number of alkyl halides is 1. The number of halogens is 1. The predicted molar refractivity (Wildman–Crippen MR) is 64.0 cm³/mol. The third kappa shape index (κ3) is 2.67. The molecule has 0 aliphatic carbocycles. The third-order valence-corrected chi connectivity index (χ3v) is 2.32. The molecule has 0 fully saturated rings. The minimum absolute atomic E-state index is 0.608. The van der Waals surface area contributed by atoms with Crippen LogP contribution in [0.4, 0.5) is 0 Å². The Balaban J connectivity index is 2.11. The van der Waals surface area contributed by atoms with Crippen LogP contribution >= 0.6 is 11.6 Å². The van der Waals surface area contributed by atoms with Gasteiger partial charge in [-0.05, 0) is 17.2 Å². The van der Waals surface area contributed by atoms with E-state index < -0.39 is 0 Å². The summed E-state index contributed by atoms with van der Waals surface area (Å²) in [5.41, 5.74) is 2.08. The molecular weight excluding hydrogens is 224 g/mol. The number of hydrogen-bond acceptors (Lipinski definition) is 3. The molecule has 0 unspecified atom stereocenters. The molecule has 2 rings (SSSR count). The lowest BCUT2D eigenvalue weighted by molar-refractivity contribution is 0.881. The average molecular weight is 235 g/mol. The maximum Gasteiger partial charge on any atom is 0.204 e. The van der Waals surface area contributed by atoms with Crippen LogP contribution in [0, 0.1) is 0 Å². The molecule has 82 valence electrons. The fourth-order valence-corrected chi connectivity index (χ4v) is 1.44. The number of nitrogens with one attached hydrogen (secondary N) is 1. The van der Waals surface area contributed by atoms with E-state index in [0.29, 0.717) is 11.7 Å². The second-order valence-electron chi connectivity index (χ2n) is 3.24. The molecule has 1 N–H and O–H groups in total. The van der Waals surface area contributed by atoms with Crippen molar-refractivity contribution in [3.63, 3.8) is 0 Å². The van der Waals surface area contributed by atoms with E-state index in [0.717, 1.165) is 17.5 Å². The van der Waals surface area contributed by atoms with Gasteiger partial charge in [0.2, 0.25) is 5.82 Å². The van der Waals surface area contributed by atoms with Gasteiger partial charge in [0, 0.05) is 11.4 Å². The van der Waals surface area contributed by atoms with E-state index in [1.54, 1.807) is 0 Å². The van der Waals surface area contributed by atoms with Crippen molar-refractivity contribution < 1.29 is 0 Å². The summed E-state index contributed by atoms with van der Waals surface area (Å²) >= 11 is 5.58. The minimum atomic E-state index is 0.608. The summed E-state index contributed by atoms with van der Waals surface area (Å²) in [6.07, 6.45) is 4.98. The molecule has 0 saturated heterocycles. The van der Waals surface area contributed by atoms with E-state index in [2.05, 4.69) is 26.7 Å². The Morgan fingerprint density at radius 3 is 2.69 bits per heavy atom. The second kappa shape index (κ2) is 5.42. The number of aromatic nitrogens is 4. The first-order valence-corrected chi connectivity index (χ1v) is 5.50. The molecule has 0 radical (unpaired) electrons. The molecule has 0 saturated carbocycles. The molecule has 5 heteroatoms. The van der Waals surface area contributed by atoms with E-state index in [-0.39, 0.29) is 0 Å². The van der Waals surface area contributed by atoms with Crippen LogP contribution in [0.3, 0.4) is 0 Å². The van der Waals surface area contributed by atoms with Crippen molar-refractivity contribution in [3.05, 3.63) is 35.9 Å². The number of tetrazole rings is 1. The van der Waals surface area contributed by atoms with Crippen molar-refractivity contribution in [1.29, 1.82) is 0 Å². The lowest BCUT2D eigenvalue weighted by atomic mass is 10.1. The number of benzene rings is 1. The van der Waals surface area contributed by atoms with Gasteiger partial charge in [-0.2, -0.15) is 5.21 Å². The fraction of sp³-hybridized carbons (Fsp3) is 0.182. The van der Waals surface area contributed by atoms with E-state index in [9.17, 15) is 0 Å². The zero-order chi connectivity index (χ0) is 11.2. The molecule has 0 bridgehead atoms. The monoisotopic (exact) mass is 234 g/mol. The van der Waals surface area contributed by atoms with Gasteiger partial charge in [-0.15, -0.1) is 21.8 Å². The largest absolute Gasteiger partial charge is 0.204 e. The Kier molecular flexibility index (Phi) is 3.66. The van der Waals surface area contributed by atoms with Crippen molar-refractivity contribution in [2.75, 3.05) is 5.88 Å². The quantitative estimate of drug-likeness (QED) is 0.827. The number of aromatic amines is 1. The Morgan fingerprint density at radius 2 is 2.06 bits per heavy atom. The third-order valence-electron chi connectivity index (χ3n) is 2.10. The molecule has 4 nitrogen and oxygen atoms in total. The molecule has 1 aromatic heterocycles. The van der Waals surface area contributed by atoms with Gasteiger partial charge in [0.25, 0.3) is 0 Å². The predicted octanol–water partition coefficient (Wildman–Crippen LogP) is 2.51. The highest BCUT2D eigenvalue weighted by atomic mass is 35.5. The molecule has 0 atom stereocenters. The van der Waals surface area contributed by atoms with Crippen LogP contribution in [0.1, 0.15) is 12.0 Å². The lowest BCUT2D eigenvalue weighted by Crippen LogP contribution is -1.81. The molecule has 0 aliphatic rings. The number of H-pyrrole nitrogens is 1. The van der Waals surface area contributed by atoms with Gasteiger partial charge in [-0.3, -0.25) is 0 Å². The summed E-state index contributed by atoms with van der Waals surface area (Å²) in [5, 5.41) is 13.8. The zero-order valence-corrected chi connectivity index (χ0v) is 9.35. The summed E-state index contributed by atoms with van der Waals surface area (Å²) in [6.45, 7) is 0. The summed E-state index contributed by atoms with van der Waals surface area (Å²) in [4.78, 5) is 0. The molecular formula is C11H11ClN4. The van der Waals surface area contributed by atoms with E-state index >= 15 is 0 Å². The van der Waals surface area contributed by atoms with Crippen LogP contribution in [0.2, 0.25) is 0 Å². The molecule has 16 heavy (non-hydrogen) atoms. The fourth-order valence-electron chi connectivity index (χ4n) is 1.31. The normalized spacial score (nSPS) is 11.1. The van der Waals surface area contributed by atoms with Crippen molar-refractivity contribution in [3.8, 4) is 11.4 Å². The summed E-state index contributed by atoms with van der Waals surface area (Å²) < 4.78 is 0. The van der Waals surface area contributed by atoms with Gasteiger partial charge in [0.1, 0.15) is 0 Å². The van der Waals surface area contributed by atoms with Crippen molar-refractivity contribution in [2.45, 2.75) is 6.42 Å². The highest BCUT2D eigenvalue weighted by Gasteiger charge is 2.00. The van der Waals surface area contributed by atoms with E-state index in [1.165, 1.54) is 0 Å². The average Bonchev–Trinajstić information content (AvgIpc) is 2.84. The highest BCUT2D eigenvalue weighted by molar-refractivity contribution is 6.17. The maximum absolute atomic E-state index is 5.58. The number of hydrogen-bond donors (Lipinski definition) is 1. The Hall–Kier alpha value is -1.68.